The van der Waals surface area contributed by atoms with Gasteiger partial charge in [-0.05, 0) is 32.8 Å². The van der Waals surface area contributed by atoms with Crippen molar-refractivity contribution in [3.05, 3.63) is 35.9 Å². The van der Waals surface area contributed by atoms with Crippen molar-refractivity contribution in [1.82, 2.24) is 4.90 Å². The van der Waals surface area contributed by atoms with Crippen LogP contribution in [0.1, 0.15) is 32.8 Å². The van der Waals surface area contributed by atoms with Gasteiger partial charge in [-0.1, -0.05) is 30.3 Å². The van der Waals surface area contributed by atoms with Crippen molar-refractivity contribution in [3.63, 3.8) is 0 Å². The molecule has 1 amide bonds. The van der Waals surface area contributed by atoms with E-state index in [0.29, 0.717) is 6.42 Å². The SMILES string of the molecule is COC(=O)C1C(OCC(=O)OC(C)(C)C)CCN1C(=O)OCc1ccccc1. The van der Waals surface area contributed by atoms with Crippen LogP contribution < -0.4 is 0 Å². The molecule has 1 aromatic rings. The Morgan fingerprint density at radius 1 is 1.14 bits per heavy atom. The molecule has 0 saturated carbocycles. The van der Waals surface area contributed by atoms with Gasteiger partial charge in [0.15, 0.2) is 6.04 Å². The van der Waals surface area contributed by atoms with E-state index in [0.717, 1.165) is 5.56 Å². The topological polar surface area (TPSA) is 91.4 Å². The fraction of sp³-hybridized carbons (Fsp3) is 0.550. The van der Waals surface area contributed by atoms with Gasteiger partial charge in [0.05, 0.1) is 13.2 Å². The molecule has 2 rings (SSSR count). The molecule has 0 aromatic heterocycles. The van der Waals surface area contributed by atoms with E-state index in [2.05, 4.69) is 0 Å². The van der Waals surface area contributed by atoms with Gasteiger partial charge in [-0.25, -0.2) is 14.4 Å². The Balaban J connectivity index is 1.96. The lowest BCUT2D eigenvalue weighted by Crippen LogP contribution is -2.47. The number of hydrogen-bond donors (Lipinski definition) is 0. The molecule has 1 aromatic carbocycles. The number of benzene rings is 1. The number of esters is 2. The summed E-state index contributed by atoms with van der Waals surface area (Å²) < 4.78 is 20.9. The van der Waals surface area contributed by atoms with E-state index in [1.807, 2.05) is 30.3 Å². The Morgan fingerprint density at radius 3 is 2.43 bits per heavy atom. The third-order valence-electron chi connectivity index (χ3n) is 4.06. The zero-order valence-corrected chi connectivity index (χ0v) is 16.7. The number of hydrogen-bond acceptors (Lipinski definition) is 7. The van der Waals surface area contributed by atoms with Crippen LogP contribution in [0.3, 0.4) is 0 Å². The average Bonchev–Trinajstić information content (AvgIpc) is 3.07. The van der Waals surface area contributed by atoms with Crippen molar-refractivity contribution in [2.75, 3.05) is 20.3 Å². The lowest BCUT2D eigenvalue weighted by molar-refractivity contribution is -0.165. The Labute approximate surface area is 164 Å². The number of amides is 1. The number of likely N-dealkylation sites (tertiary alicyclic amines) is 1. The first-order valence-electron chi connectivity index (χ1n) is 9.10. The van der Waals surface area contributed by atoms with Gasteiger partial charge in [-0.15, -0.1) is 0 Å². The van der Waals surface area contributed by atoms with Crippen LogP contribution in [0.15, 0.2) is 30.3 Å². The van der Waals surface area contributed by atoms with Gasteiger partial charge in [0, 0.05) is 6.54 Å². The van der Waals surface area contributed by atoms with E-state index < -0.39 is 35.8 Å². The third-order valence-corrected chi connectivity index (χ3v) is 4.06. The molecule has 2 unspecified atom stereocenters. The first-order chi connectivity index (χ1) is 13.2. The van der Waals surface area contributed by atoms with Crippen LogP contribution in [-0.2, 0) is 35.1 Å². The highest BCUT2D eigenvalue weighted by molar-refractivity contribution is 5.83. The molecule has 8 heteroatoms. The molecule has 0 radical (unpaired) electrons. The van der Waals surface area contributed by atoms with Gasteiger partial charge in [-0.2, -0.15) is 0 Å². The molecule has 28 heavy (non-hydrogen) atoms. The monoisotopic (exact) mass is 393 g/mol. The van der Waals surface area contributed by atoms with E-state index in [1.165, 1.54) is 12.0 Å². The van der Waals surface area contributed by atoms with E-state index in [9.17, 15) is 14.4 Å². The summed E-state index contributed by atoms with van der Waals surface area (Å²) in [7, 11) is 1.24. The van der Waals surface area contributed by atoms with Gasteiger partial charge in [0.25, 0.3) is 0 Å². The molecule has 1 aliphatic rings. The summed E-state index contributed by atoms with van der Waals surface area (Å²) in [5.74, 6) is -1.16. The first kappa shape index (κ1) is 21.7. The second kappa shape index (κ2) is 9.54. The first-order valence-corrected chi connectivity index (χ1v) is 9.10. The maximum Gasteiger partial charge on any atom is 0.410 e. The van der Waals surface area contributed by atoms with E-state index in [1.54, 1.807) is 20.8 Å². The summed E-state index contributed by atoms with van der Waals surface area (Å²) in [6.45, 7) is 5.29. The standard InChI is InChI=1S/C20H27NO7/c1-20(2,3)28-16(22)13-26-15-10-11-21(17(15)18(23)25-4)19(24)27-12-14-8-6-5-7-9-14/h5-9,15,17H,10-13H2,1-4H3. The third kappa shape index (κ3) is 6.23. The summed E-state index contributed by atoms with van der Waals surface area (Å²) in [6.07, 6.45) is -0.935. The largest absolute Gasteiger partial charge is 0.467 e. The molecule has 1 heterocycles. The number of carbonyl (C=O) groups is 3. The minimum atomic E-state index is -0.976. The lowest BCUT2D eigenvalue weighted by Gasteiger charge is -2.25. The number of rotatable bonds is 6. The van der Waals surface area contributed by atoms with Crippen molar-refractivity contribution in [3.8, 4) is 0 Å². The normalized spacial score (nSPS) is 19.2. The quantitative estimate of drug-likeness (QED) is 0.541. The predicted molar refractivity (Wildman–Crippen MR) is 99.3 cm³/mol. The van der Waals surface area contributed by atoms with Crippen LogP contribution in [0, 0.1) is 0 Å². The molecule has 0 N–H and O–H groups in total. The Morgan fingerprint density at radius 2 is 1.82 bits per heavy atom. The summed E-state index contributed by atoms with van der Waals surface area (Å²) in [4.78, 5) is 37.8. The molecule has 0 aliphatic carbocycles. The maximum absolute atomic E-state index is 12.5. The van der Waals surface area contributed by atoms with Gasteiger partial charge in [-0.3, -0.25) is 4.90 Å². The molecular formula is C20H27NO7. The second-order valence-electron chi connectivity index (χ2n) is 7.43. The highest BCUT2D eigenvalue weighted by Crippen LogP contribution is 2.24. The fourth-order valence-corrected chi connectivity index (χ4v) is 2.89. The zero-order valence-electron chi connectivity index (χ0n) is 16.7. The van der Waals surface area contributed by atoms with E-state index in [-0.39, 0.29) is 19.8 Å². The summed E-state index contributed by atoms with van der Waals surface area (Å²) in [6, 6.07) is 8.25. The van der Waals surface area contributed by atoms with Gasteiger partial charge >= 0.3 is 18.0 Å². The van der Waals surface area contributed by atoms with Crippen molar-refractivity contribution in [2.45, 2.75) is 51.5 Å². The minimum Gasteiger partial charge on any atom is -0.467 e. The van der Waals surface area contributed by atoms with Crippen molar-refractivity contribution in [2.24, 2.45) is 0 Å². The summed E-state index contributed by atoms with van der Waals surface area (Å²) in [5.41, 5.74) is 0.202. The molecule has 1 aliphatic heterocycles. The molecule has 0 spiro atoms. The zero-order chi connectivity index (χ0) is 20.7. The number of methoxy groups -OCH3 is 1. The average molecular weight is 393 g/mol. The number of nitrogens with zero attached hydrogens (tertiary/aromatic N) is 1. The highest BCUT2D eigenvalue weighted by atomic mass is 16.6. The molecule has 1 fully saturated rings. The van der Waals surface area contributed by atoms with E-state index in [4.69, 9.17) is 18.9 Å². The van der Waals surface area contributed by atoms with Crippen molar-refractivity contribution >= 4 is 18.0 Å². The van der Waals surface area contributed by atoms with Gasteiger partial charge in [0.2, 0.25) is 0 Å². The van der Waals surface area contributed by atoms with Crippen molar-refractivity contribution in [1.29, 1.82) is 0 Å². The Bertz CT molecular complexity index is 684. The predicted octanol–water partition coefficient (Wildman–Crippen LogP) is 2.30. The second-order valence-corrected chi connectivity index (χ2v) is 7.43. The van der Waals surface area contributed by atoms with Crippen LogP contribution in [0.25, 0.3) is 0 Å². The van der Waals surface area contributed by atoms with Gasteiger partial charge in [0.1, 0.15) is 18.8 Å². The lowest BCUT2D eigenvalue weighted by atomic mass is 10.1. The fourth-order valence-electron chi connectivity index (χ4n) is 2.89. The minimum absolute atomic E-state index is 0.0908. The van der Waals surface area contributed by atoms with Gasteiger partial charge < -0.3 is 18.9 Å². The smallest absolute Gasteiger partial charge is 0.410 e. The van der Waals surface area contributed by atoms with Crippen LogP contribution in [0.5, 0.6) is 0 Å². The van der Waals surface area contributed by atoms with Crippen LogP contribution in [0.4, 0.5) is 4.79 Å². The van der Waals surface area contributed by atoms with Crippen LogP contribution in [0.2, 0.25) is 0 Å². The molecule has 8 nitrogen and oxygen atoms in total. The molecule has 1 saturated heterocycles. The molecule has 2 atom stereocenters. The molecule has 0 bridgehead atoms. The van der Waals surface area contributed by atoms with Crippen LogP contribution >= 0.6 is 0 Å². The summed E-state index contributed by atoms with van der Waals surface area (Å²) >= 11 is 0. The Kier molecular flexibility index (Phi) is 7.39. The van der Waals surface area contributed by atoms with Crippen molar-refractivity contribution < 1.29 is 33.3 Å². The molecular weight excluding hydrogens is 366 g/mol. The molecule has 154 valence electrons. The number of ether oxygens (including phenoxy) is 4. The maximum atomic E-state index is 12.5. The highest BCUT2D eigenvalue weighted by Gasteiger charge is 2.44. The summed E-state index contributed by atoms with van der Waals surface area (Å²) in [5, 5.41) is 0. The van der Waals surface area contributed by atoms with E-state index >= 15 is 0 Å². The van der Waals surface area contributed by atoms with Crippen LogP contribution in [-0.4, -0.2) is 60.9 Å². The Hall–Kier alpha value is -2.61. The number of carbonyl (C=O) groups excluding carboxylic acids is 3.